The van der Waals surface area contributed by atoms with E-state index in [9.17, 15) is 9.59 Å². The molecule has 0 saturated carbocycles. The van der Waals surface area contributed by atoms with Crippen molar-refractivity contribution in [2.75, 3.05) is 0 Å². The van der Waals surface area contributed by atoms with Gasteiger partial charge in [0.15, 0.2) is 0 Å². The minimum absolute atomic E-state index is 0.142. The molecule has 6 nitrogen and oxygen atoms in total. The zero-order valence-corrected chi connectivity index (χ0v) is 28.5. The van der Waals surface area contributed by atoms with Crippen molar-refractivity contribution in [2.24, 2.45) is 0 Å². The average Bonchev–Trinajstić information content (AvgIpc) is 2.92. The van der Waals surface area contributed by atoms with E-state index < -0.39 is 0 Å². The molecule has 2 N–H and O–H groups in total. The molecule has 0 radical (unpaired) electrons. The van der Waals surface area contributed by atoms with Crippen LogP contribution in [-0.2, 0) is 9.47 Å². The first-order valence-corrected chi connectivity index (χ1v) is 16.5. The fourth-order valence-corrected chi connectivity index (χ4v) is 8.36. The second-order valence-corrected chi connectivity index (χ2v) is 16.1. The van der Waals surface area contributed by atoms with Gasteiger partial charge in [0, 0.05) is 47.8 Å². The first-order chi connectivity index (χ1) is 21.5. The van der Waals surface area contributed by atoms with Crippen molar-refractivity contribution in [3.8, 4) is 11.1 Å². The number of carbonyl (C=O) groups is 2. The highest BCUT2D eigenvalue weighted by atomic mass is 16.5. The molecule has 6 heteroatoms. The van der Waals surface area contributed by atoms with E-state index in [0.717, 1.165) is 58.4 Å². The highest BCUT2D eigenvalue weighted by Crippen LogP contribution is 2.37. The molecule has 0 amide bonds. The van der Waals surface area contributed by atoms with Gasteiger partial charge < -0.3 is 20.1 Å². The SMILES string of the molecule is CC1(C)CC(OC(=O)c2cc(-c3cc(C(=O)OC4CC(C)(C)NC(C)(C)C4)c4ccccc4c3)c3ccccc3c2)CC(C)(C)N1. The summed E-state index contributed by atoms with van der Waals surface area (Å²) in [5.41, 5.74) is 2.17. The van der Waals surface area contributed by atoms with Gasteiger partial charge in [-0.3, -0.25) is 0 Å². The number of esters is 2. The van der Waals surface area contributed by atoms with Gasteiger partial charge in [-0.2, -0.15) is 0 Å². The molecule has 46 heavy (non-hydrogen) atoms. The predicted octanol–water partition coefficient (Wildman–Crippen LogP) is 8.59. The number of fused-ring (bicyclic) bond motifs is 2. The molecule has 0 atom stereocenters. The number of hydrogen-bond acceptors (Lipinski definition) is 6. The summed E-state index contributed by atoms with van der Waals surface area (Å²) in [6.07, 6.45) is 2.56. The molecule has 0 bridgehead atoms. The van der Waals surface area contributed by atoms with Crippen LogP contribution >= 0.6 is 0 Å². The van der Waals surface area contributed by atoms with Gasteiger partial charge in [-0.1, -0.05) is 48.5 Å². The number of nitrogens with one attached hydrogen (secondary N) is 2. The number of ether oxygens (including phenoxy) is 2. The number of piperidine rings is 2. The van der Waals surface area contributed by atoms with E-state index in [0.29, 0.717) is 11.1 Å². The fraction of sp³-hybridized carbons (Fsp3) is 0.450. The lowest BCUT2D eigenvalue weighted by atomic mass is 9.81. The van der Waals surface area contributed by atoms with Crippen LogP contribution in [0.25, 0.3) is 32.7 Å². The van der Waals surface area contributed by atoms with Crippen molar-refractivity contribution >= 4 is 33.5 Å². The van der Waals surface area contributed by atoms with Crippen molar-refractivity contribution in [3.05, 3.63) is 83.9 Å². The van der Waals surface area contributed by atoms with Crippen LogP contribution in [0.2, 0.25) is 0 Å². The van der Waals surface area contributed by atoms with Crippen molar-refractivity contribution in [1.29, 1.82) is 0 Å². The maximum absolute atomic E-state index is 14.0. The lowest BCUT2D eigenvalue weighted by Gasteiger charge is -2.46. The molecule has 2 fully saturated rings. The molecule has 2 aliphatic rings. The third kappa shape index (κ3) is 6.98. The molecular formula is C40H48N2O4. The van der Waals surface area contributed by atoms with Crippen molar-refractivity contribution in [2.45, 2.75) is 115 Å². The Hall–Kier alpha value is -3.74. The van der Waals surface area contributed by atoms with E-state index in [2.05, 4.69) is 78.2 Å². The van der Waals surface area contributed by atoms with Gasteiger partial charge in [0.05, 0.1) is 11.1 Å². The van der Waals surface area contributed by atoms with Gasteiger partial charge in [0.2, 0.25) is 0 Å². The Morgan fingerprint density at radius 3 is 1.59 bits per heavy atom. The molecule has 6 rings (SSSR count). The van der Waals surface area contributed by atoms with Gasteiger partial charge in [-0.05, 0) is 112 Å². The van der Waals surface area contributed by atoms with Crippen LogP contribution in [0.15, 0.2) is 72.8 Å². The van der Waals surface area contributed by atoms with Gasteiger partial charge >= 0.3 is 11.9 Å². The fourth-order valence-electron chi connectivity index (χ4n) is 8.36. The van der Waals surface area contributed by atoms with Crippen molar-refractivity contribution in [1.82, 2.24) is 10.6 Å². The maximum atomic E-state index is 14.0. The van der Waals surface area contributed by atoms with Crippen LogP contribution < -0.4 is 10.6 Å². The highest BCUT2D eigenvalue weighted by molar-refractivity contribution is 6.09. The Morgan fingerprint density at radius 2 is 1.04 bits per heavy atom. The zero-order chi connectivity index (χ0) is 33.1. The lowest BCUT2D eigenvalue weighted by Crippen LogP contribution is -2.59. The van der Waals surface area contributed by atoms with Gasteiger partial charge in [0.25, 0.3) is 0 Å². The van der Waals surface area contributed by atoms with Gasteiger partial charge in [-0.15, -0.1) is 0 Å². The van der Waals surface area contributed by atoms with E-state index in [-0.39, 0.29) is 46.3 Å². The third-order valence-electron chi connectivity index (χ3n) is 9.34. The number of rotatable bonds is 5. The van der Waals surface area contributed by atoms with E-state index in [1.54, 1.807) is 0 Å². The van der Waals surface area contributed by atoms with Crippen LogP contribution in [0.1, 0.15) is 102 Å². The molecule has 4 aromatic rings. The standard InChI is InChI=1S/C40H48N2O4/c1-37(2)21-29(22-38(3,4)41-37)45-35(43)28-18-26-14-9-11-15-31(26)33(20-28)27-17-25-13-10-12-16-32(25)34(19-27)36(44)46-30-23-39(5,6)42-40(7,8)24-30/h9-20,29-30,41-42H,21-24H2,1-8H3. The van der Waals surface area contributed by atoms with Crippen LogP contribution in [0, 0.1) is 0 Å². The van der Waals surface area contributed by atoms with Crippen LogP contribution in [0.4, 0.5) is 0 Å². The molecule has 0 spiro atoms. The third-order valence-corrected chi connectivity index (χ3v) is 9.34. The van der Waals surface area contributed by atoms with E-state index in [1.165, 1.54) is 0 Å². The van der Waals surface area contributed by atoms with E-state index in [1.807, 2.05) is 60.7 Å². The largest absolute Gasteiger partial charge is 0.459 e. The molecule has 0 aliphatic carbocycles. The molecule has 2 saturated heterocycles. The van der Waals surface area contributed by atoms with Gasteiger partial charge in [0.1, 0.15) is 12.2 Å². The Labute approximate surface area is 273 Å². The molecule has 2 heterocycles. The quantitative estimate of drug-likeness (QED) is 0.218. The number of hydrogen-bond donors (Lipinski definition) is 2. The predicted molar refractivity (Wildman–Crippen MR) is 186 cm³/mol. The minimum atomic E-state index is -0.331. The second-order valence-electron chi connectivity index (χ2n) is 16.1. The minimum Gasteiger partial charge on any atom is -0.459 e. The second kappa shape index (κ2) is 11.5. The average molecular weight is 621 g/mol. The summed E-state index contributed by atoms with van der Waals surface area (Å²) in [5, 5.41) is 11.1. The van der Waals surface area contributed by atoms with Crippen LogP contribution in [0.5, 0.6) is 0 Å². The summed E-state index contributed by atoms with van der Waals surface area (Å²) in [5.74, 6) is -0.658. The van der Waals surface area contributed by atoms with Crippen molar-refractivity contribution in [3.63, 3.8) is 0 Å². The highest BCUT2D eigenvalue weighted by Gasteiger charge is 2.41. The maximum Gasteiger partial charge on any atom is 0.339 e. The molecule has 0 aromatic heterocycles. The number of benzene rings is 4. The Morgan fingerprint density at radius 1 is 0.587 bits per heavy atom. The topological polar surface area (TPSA) is 76.7 Å². The van der Waals surface area contributed by atoms with Crippen LogP contribution in [-0.4, -0.2) is 46.3 Å². The molecule has 4 aromatic carbocycles. The van der Waals surface area contributed by atoms with Crippen molar-refractivity contribution < 1.29 is 19.1 Å². The molecule has 0 unspecified atom stereocenters. The summed E-state index contributed by atoms with van der Waals surface area (Å²) in [6, 6.07) is 23.8. The Balaban J connectivity index is 1.38. The van der Waals surface area contributed by atoms with Crippen LogP contribution in [0.3, 0.4) is 0 Å². The smallest absolute Gasteiger partial charge is 0.339 e. The van der Waals surface area contributed by atoms with Gasteiger partial charge in [-0.25, -0.2) is 9.59 Å². The molecule has 2 aliphatic heterocycles. The first kappa shape index (κ1) is 32.2. The lowest BCUT2D eigenvalue weighted by molar-refractivity contribution is -0.00757. The van der Waals surface area contributed by atoms with E-state index in [4.69, 9.17) is 9.47 Å². The summed E-state index contributed by atoms with van der Waals surface area (Å²) in [7, 11) is 0. The summed E-state index contributed by atoms with van der Waals surface area (Å²) in [4.78, 5) is 27.7. The summed E-state index contributed by atoms with van der Waals surface area (Å²) in [6.45, 7) is 17.2. The summed E-state index contributed by atoms with van der Waals surface area (Å²) < 4.78 is 12.4. The summed E-state index contributed by atoms with van der Waals surface area (Å²) >= 11 is 0. The Kier molecular flexibility index (Phi) is 8.05. The molecule has 242 valence electrons. The van der Waals surface area contributed by atoms with E-state index >= 15 is 0 Å². The normalized spacial score (nSPS) is 20.8. The molecular weight excluding hydrogens is 572 g/mol. The number of carbonyl (C=O) groups excluding carboxylic acids is 2. The zero-order valence-electron chi connectivity index (χ0n) is 28.5. The first-order valence-electron chi connectivity index (χ1n) is 16.5. The Bertz CT molecular complexity index is 1790. The monoisotopic (exact) mass is 620 g/mol.